The van der Waals surface area contributed by atoms with E-state index in [1.54, 1.807) is 13.1 Å². The van der Waals surface area contributed by atoms with Crippen LogP contribution in [0.15, 0.2) is 18.3 Å². The Labute approximate surface area is 97.4 Å². The number of carbonyl (C=O) groups excluding carboxylic acids is 1. The molecule has 17 heavy (non-hydrogen) atoms. The monoisotopic (exact) mass is 236 g/mol. The normalized spacial score (nSPS) is 10.8. The zero-order valence-electron chi connectivity index (χ0n) is 9.40. The Morgan fingerprint density at radius 1 is 1.65 bits per heavy atom. The molecule has 0 saturated carbocycles. The molecule has 0 aliphatic carbocycles. The van der Waals surface area contributed by atoms with Crippen LogP contribution in [0.4, 0.5) is 4.39 Å². The molecule has 2 heterocycles. The zero-order valence-corrected chi connectivity index (χ0v) is 9.40. The first-order valence-corrected chi connectivity index (χ1v) is 5.26. The van der Waals surface area contributed by atoms with Crippen molar-refractivity contribution in [1.82, 2.24) is 14.7 Å². The molecule has 6 heteroatoms. The molecule has 2 rings (SSSR count). The van der Waals surface area contributed by atoms with Crippen LogP contribution >= 0.6 is 0 Å². The quantitative estimate of drug-likeness (QED) is 0.813. The van der Waals surface area contributed by atoms with E-state index in [4.69, 9.17) is 5.73 Å². The van der Waals surface area contributed by atoms with Gasteiger partial charge in [-0.2, -0.15) is 0 Å². The Morgan fingerprint density at radius 2 is 2.41 bits per heavy atom. The Hall–Kier alpha value is -1.95. The van der Waals surface area contributed by atoms with Gasteiger partial charge in [0.25, 0.3) is 5.91 Å². The average molecular weight is 236 g/mol. The zero-order chi connectivity index (χ0) is 12.4. The summed E-state index contributed by atoms with van der Waals surface area (Å²) in [5, 5.41) is 2.64. The van der Waals surface area contributed by atoms with Gasteiger partial charge >= 0.3 is 0 Å². The Bertz CT molecular complexity index is 564. The van der Waals surface area contributed by atoms with Crippen molar-refractivity contribution in [2.45, 2.75) is 6.92 Å². The van der Waals surface area contributed by atoms with Gasteiger partial charge in [0.2, 0.25) is 0 Å². The lowest BCUT2D eigenvalue weighted by Crippen LogP contribution is -2.30. The Balaban J connectivity index is 2.50. The van der Waals surface area contributed by atoms with Crippen molar-refractivity contribution in [3.8, 4) is 0 Å². The van der Waals surface area contributed by atoms with Crippen molar-refractivity contribution in [2.24, 2.45) is 5.73 Å². The number of carbonyl (C=O) groups is 1. The van der Waals surface area contributed by atoms with E-state index in [1.165, 1.54) is 16.5 Å². The lowest BCUT2D eigenvalue weighted by Gasteiger charge is -2.04. The molecule has 0 saturated heterocycles. The van der Waals surface area contributed by atoms with Gasteiger partial charge in [0.15, 0.2) is 11.5 Å². The first-order valence-electron chi connectivity index (χ1n) is 5.26. The smallest absolute Gasteiger partial charge is 0.270 e. The molecular formula is C11H13FN4O. The van der Waals surface area contributed by atoms with E-state index < -0.39 is 5.82 Å². The van der Waals surface area contributed by atoms with Gasteiger partial charge in [-0.05, 0) is 19.1 Å². The van der Waals surface area contributed by atoms with Crippen LogP contribution in [0.2, 0.25) is 0 Å². The van der Waals surface area contributed by atoms with Gasteiger partial charge in [-0.1, -0.05) is 0 Å². The molecule has 0 bridgehead atoms. The maximum absolute atomic E-state index is 13.5. The van der Waals surface area contributed by atoms with Gasteiger partial charge < -0.3 is 11.1 Å². The second-order valence-corrected chi connectivity index (χ2v) is 3.64. The third kappa shape index (κ3) is 1.99. The summed E-state index contributed by atoms with van der Waals surface area (Å²) in [4.78, 5) is 15.9. The molecule has 0 aromatic carbocycles. The first kappa shape index (κ1) is 11.5. The van der Waals surface area contributed by atoms with E-state index in [9.17, 15) is 9.18 Å². The molecule has 0 aliphatic rings. The fraction of sp³-hybridized carbons (Fsp3) is 0.273. The third-order valence-corrected chi connectivity index (χ3v) is 2.42. The highest BCUT2D eigenvalue weighted by molar-refractivity contribution is 5.94. The summed E-state index contributed by atoms with van der Waals surface area (Å²) < 4.78 is 14.9. The number of hydrogen-bond donors (Lipinski definition) is 2. The Kier molecular flexibility index (Phi) is 3.06. The van der Waals surface area contributed by atoms with Crippen molar-refractivity contribution in [3.63, 3.8) is 0 Å². The number of nitrogens with zero attached hydrogens (tertiary/aromatic N) is 2. The predicted molar refractivity (Wildman–Crippen MR) is 61.3 cm³/mol. The van der Waals surface area contributed by atoms with Crippen LogP contribution in [0.3, 0.4) is 0 Å². The molecule has 3 N–H and O–H groups in total. The fourth-order valence-corrected chi connectivity index (χ4v) is 1.69. The lowest BCUT2D eigenvalue weighted by molar-refractivity contribution is 0.0948. The molecule has 1 amide bonds. The minimum Gasteiger partial charge on any atom is -0.349 e. The van der Waals surface area contributed by atoms with E-state index in [2.05, 4.69) is 10.3 Å². The maximum atomic E-state index is 13.5. The minimum atomic E-state index is -0.450. The van der Waals surface area contributed by atoms with Gasteiger partial charge in [-0.3, -0.25) is 9.20 Å². The number of amides is 1. The molecule has 90 valence electrons. The first-order chi connectivity index (χ1) is 8.15. The molecule has 0 radical (unpaired) electrons. The molecule has 2 aromatic rings. The van der Waals surface area contributed by atoms with Crippen molar-refractivity contribution < 1.29 is 9.18 Å². The summed E-state index contributed by atoms with van der Waals surface area (Å²) in [5.41, 5.74) is 6.29. The highest BCUT2D eigenvalue weighted by Crippen LogP contribution is 2.14. The number of nitrogens with two attached hydrogens (primary N) is 1. The van der Waals surface area contributed by atoms with E-state index in [-0.39, 0.29) is 11.6 Å². The number of aryl methyl sites for hydroxylation is 1. The summed E-state index contributed by atoms with van der Waals surface area (Å²) in [7, 11) is 0. The summed E-state index contributed by atoms with van der Waals surface area (Å²) >= 11 is 0. The van der Waals surface area contributed by atoms with Crippen molar-refractivity contribution in [2.75, 3.05) is 13.1 Å². The van der Waals surface area contributed by atoms with Crippen LogP contribution < -0.4 is 11.1 Å². The highest BCUT2D eigenvalue weighted by Gasteiger charge is 2.17. The standard InChI is InChI=1S/C11H13FN4O/c1-7-9(11(17)14-5-4-13)16-6-2-3-8(12)10(16)15-7/h2-3,6H,4-5,13H2,1H3,(H,14,17). The van der Waals surface area contributed by atoms with Crippen LogP contribution in [0.5, 0.6) is 0 Å². The number of hydrogen-bond acceptors (Lipinski definition) is 3. The molecule has 2 aromatic heterocycles. The SMILES string of the molecule is Cc1nc2c(F)cccn2c1C(=O)NCCN. The van der Waals surface area contributed by atoms with Gasteiger partial charge in [-0.15, -0.1) is 0 Å². The van der Waals surface area contributed by atoms with Gasteiger partial charge in [0.05, 0.1) is 5.69 Å². The number of fused-ring (bicyclic) bond motifs is 1. The van der Waals surface area contributed by atoms with Crippen molar-refractivity contribution >= 4 is 11.6 Å². The van der Waals surface area contributed by atoms with Gasteiger partial charge in [0.1, 0.15) is 5.69 Å². The summed E-state index contributed by atoms with van der Waals surface area (Å²) in [5.74, 6) is -0.750. The number of halogens is 1. The number of nitrogens with one attached hydrogen (secondary N) is 1. The van der Waals surface area contributed by atoms with Crippen LogP contribution in [0.1, 0.15) is 16.2 Å². The minimum absolute atomic E-state index is 0.155. The number of aromatic nitrogens is 2. The van der Waals surface area contributed by atoms with Crippen LogP contribution in [0, 0.1) is 12.7 Å². The van der Waals surface area contributed by atoms with E-state index in [0.717, 1.165) is 0 Å². The van der Waals surface area contributed by atoms with Gasteiger partial charge in [-0.25, -0.2) is 9.37 Å². The summed E-state index contributed by atoms with van der Waals surface area (Å²) in [6.07, 6.45) is 1.61. The molecule has 0 spiro atoms. The molecular weight excluding hydrogens is 223 g/mol. The predicted octanol–water partition coefficient (Wildman–Crippen LogP) is 0.470. The van der Waals surface area contributed by atoms with Crippen molar-refractivity contribution in [1.29, 1.82) is 0 Å². The topological polar surface area (TPSA) is 72.4 Å². The van der Waals surface area contributed by atoms with Crippen LogP contribution in [0.25, 0.3) is 5.65 Å². The lowest BCUT2D eigenvalue weighted by atomic mass is 10.3. The van der Waals surface area contributed by atoms with Crippen LogP contribution in [-0.2, 0) is 0 Å². The number of pyridine rings is 1. The molecule has 0 aliphatic heterocycles. The third-order valence-electron chi connectivity index (χ3n) is 2.42. The second-order valence-electron chi connectivity index (χ2n) is 3.64. The van der Waals surface area contributed by atoms with E-state index >= 15 is 0 Å². The molecule has 0 atom stereocenters. The van der Waals surface area contributed by atoms with E-state index in [1.807, 2.05) is 0 Å². The Morgan fingerprint density at radius 3 is 3.12 bits per heavy atom. The summed E-state index contributed by atoms with van der Waals surface area (Å²) in [6.45, 7) is 2.40. The number of imidazole rings is 1. The van der Waals surface area contributed by atoms with Gasteiger partial charge in [0, 0.05) is 19.3 Å². The second kappa shape index (κ2) is 4.50. The molecule has 0 unspecified atom stereocenters. The fourth-order valence-electron chi connectivity index (χ4n) is 1.69. The average Bonchev–Trinajstić information content (AvgIpc) is 2.64. The highest BCUT2D eigenvalue weighted by atomic mass is 19.1. The molecule has 5 nitrogen and oxygen atoms in total. The maximum Gasteiger partial charge on any atom is 0.270 e. The van der Waals surface area contributed by atoms with Crippen LogP contribution in [-0.4, -0.2) is 28.4 Å². The molecule has 0 fully saturated rings. The van der Waals surface area contributed by atoms with E-state index in [0.29, 0.717) is 24.5 Å². The van der Waals surface area contributed by atoms with Crippen molar-refractivity contribution in [3.05, 3.63) is 35.5 Å². The number of rotatable bonds is 3. The largest absolute Gasteiger partial charge is 0.349 e. The summed E-state index contributed by atoms with van der Waals surface area (Å²) in [6, 6.07) is 2.84.